The molecule has 0 spiro atoms. The van der Waals surface area contributed by atoms with Crippen LogP contribution in [0.1, 0.15) is 65.7 Å². The fourth-order valence-corrected chi connectivity index (χ4v) is 3.96. The van der Waals surface area contributed by atoms with Crippen molar-refractivity contribution >= 4 is 34.9 Å². The number of nitrogens with zero attached hydrogens (tertiary/aromatic N) is 1. The normalized spacial score (nSPS) is 13.5. The van der Waals surface area contributed by atoms with E-state index in [1.54, 1.807) is 32.3 Å². The van der Waals surface area contributed by atoms with E-state index in [9.17, 15) is 18.8 Å². The summed E-state index contributed by atoms with van der Waals surface area (Å²) in [4.78, 5) is 38.4. The number of ketones is 1. The Kier molecular flexibility index (Phi) is 6.04. The van der Waals surface area contributed by atoms with Gasteiger partial charge in [-0.15, -0.1) is 0 Å². The van der Waals surface area contributed by atoms with Gasteiger partial charge in [0.2, 0.25) is 0 Å². The summed E-state index contributed by atoms with van der Waals surface area (Å²) in [5, 5.41) is 5.34. The van der Waals surface area contributed by atoms with Gasteiger partial charge in [0.15, 0.2) is 0 Å². The fraction of sp³-hybridized carbons (Fsp3) is 0.409. The van der Waals surface area contributed by atoms with Gasteiger partial charge in [-0.05, 0) is 70.7 Å². The quantitative estimate of drug-likeness (QED) is 0.558. The molecule has 2 amide bonds. The molecule has 0 saturated carbocycles. The number of carbonyl (C=O) groups is 3. The summed E-state index contributed by atoms with van der Waals surface area (Å²) >= 11 is 6.51. The molecule has 2 heterocycles. The Morgan fingerprint density at radius 3 is 2.50 bits per heavy atom. The van der Waals surface area contributed by atoms with Gasteiger partial charge in [0.25, 0.3) is 17.6 Å². The van der Waals surface area contributed by atoms with E-state index in [4.69, 9.17) is 11.6 Å². The molecular formula is C22H25ClFN3O3. The van der Waals surface area contributed by atoms with Crippen LogP contribution in [0.4, 0.5) is 10.1 Å². The SMILES string of the molecule is Cc1cc(NC(=O)c2c(Cl)c(C(=O)C(=O)NC(C)(C)C)n3c2CCCC3)ccc1F. The maximum absolute atomic E-state index is 13.5. The number of anilines is 1. The van der Waals surface area contributed by atoms with Crippen LogP contribution in [-0.2, 0) is 17.8 Å². The van der Waals surface area contributed by atoms with Gasteiger partial charge in [0.05, 0.1) is 10.6 Å². The van der Waals surface area contributed by atoms with Crippen LogP contribution >= 0.6 is 11.6 Å². The van der Waals surface area contributed by atoms with Crippen molar-refractivity contribution in [1.29, 1.82) is 0 Å². The summed E-state index contributed by atoms with van der Waals surface area (Å²) in [7, 11) is 0. The predicted molar refractivity (Wildman–Crippen MR) is 114 cm³/mol. The Morgan fingerprint density at radius 1 is 1.17 bits per heavy atom. The molecular weight excluding hydrogens is 409 g/mol. The summed E-state index contributed by atoms with van der Waals surface area (Å²) in [5.74, 6) is -2.40. The first-order valence-corrected chi connectivity index (χ1v) is 10.2. The van der Waals surface area contributed by atoms with Crippen molar-refractivity contribution in [1.82, 2.24) is 9.88 Å². The minimum absolute atomic E-state index is 0.0303. The highest BCUT2D eigenvalue weighted by molar-refractivity contribution is 6.48. The lowest BCUT2D eigenvalue weighted by atomic mass is 10.1. The molecule has 0 aliphatic carbocycles. The molecule has 3 rings (SSSR count). The van der Waals surface area contributed by atoms with Crippen LogP contribution in [0.2, 0.25) is 5.02 Å². The smallest absolute Gasteiger partial charge is 0.294 e. The van der Waals surface area contributed by atoms with Crippen LogP contribution in [0.15, 0.2) is 18.2 Å². The van der Waals surface area contributed by atoms with Gasteiger partial charge in [0.1, 0.15) is 11.5 Å². The van der Waals surface area contributed by atoms with E-state index in [0.717, 1.165) is 12.8 Å². The third-order valence-corrected chi connectivity index (χ3v) is 5.28. The van der Waals surface area contributed by atoms with E-state index in [0.29, 0.717) is 29.9 Å². The van der Waals surface area contributed by atoms with Crippen LogP contribution < -0.4 is 10.6 Å². The summed E-state index contributed by atoms with van der Waals surface area (Å²) in [6.07, 6.45) is 2.23. The van der Waals surface area contributed by atoms with Crippen LogP contribution in [0.25, 0.3) is 0 Å². The molecule has 0 bridgehead atoms. The van der Waals surface area contributed by atoms with Gasteiger partial charge in [-0.3, -0.25) is 14.4 Å². The molecule has 1 aliphatic rings. The highest BCUT2D eigenvalue weighted by atomic mass is 35.5. The minimum atomic E-state index is -0.769. The molecule has 1 aromatic heterocycles. The maximum Gasteiger partial charge on any atom is 0.294 e. The molecule has 0 radical (unpaired) electrons. The van der Waals surface area contributed by atoms with Gasteiger partial charge in [-0.1, -0.05) is 11.6 Å². The summed E-state index contributed by atoms with van der Waals surface area (Å²) < 4.78 is 15.2. The number of hydrogen-bond acceptors (Lipinski definition) is 3. The molecule has 6 nitrogen and oxygen atoms in total. The molecule has 0 fully saturated rings. The number of amides is 2. The zero-order chi connectivity index (χ0) is 22.2. The first-order chi connectivity index (χ1) is 14.0. The van der Waals surface area contributed by atoms with Crippen LogP contribution in [0.3, 0.4) is 0 Å². The molecule has 160 valence electrons. The van der Waals surface area contributed by atoms with E-state index < -0.39 is 23.1 Å². The Balaban J connectivity index is 1.99. The third kappa shape index (κ3) is 4.41. The maximum atomic E-state index is 13.5. The fourth-order valence-electron chi connectivity index (χ4n) is 3.58. The van der Waals surface area contributed by atoms with Gasteiger partial charge < -0.3 is 15.2 Å². The van der Waals surface area contributed by atoms with Crippen molar-refractivity contribution in [3.05, 3.63) is 51.6 Å². The van der Waals surface area contributed by atoms with Crippen molar-refractivity contribution in [3.63, 3.8) is 0 Å². The van der Waals surface area contributed by atoms with Crippen LogP contribution in [0.5, 0.6) is 0 Å². The average Bonchev–Trinajstić information content (AvgIpc) is 2.94. The Bertz CT molecular complexity index is 1040. The van der Waals surface area contributed by atoms with Gasteiger partial charge in [-0.25, -0.2) is 4.39 Å². The Labute approximate surface area is 179 Å². The average molecular weight is 434 g/mol. The van der Waals surface area contributed by atoms with E-state index in [1.165, 1.54) is 18.2 Å². The van der Waals surface area contributed by atoms with E-state index in [1.807, 2.05) is 0 Å². The standard InChI is InChI=1S/C22H25ClFN3O3/c1-12-11-13(8-9-14(12)24)25-20(29)16-15-7-5-6-10-27(15)18(17(16)23)19(28)21(30)26-22(2,3)4/h8-9,11H,5-7,10H2,1-4H3,(H,25,29)(H,26,30). The van der Waals surface area contributed by atoms with Gasteiger partial charge >= 0.3 is 0 Å². The summed E-state index contributed by atoms with van der Waals surface area (Å²) in [5.41, 5.74) is 1.09. The van der Waals surface area contributed by atoms with Crippen molar-refractivity contribution in [2.75, 3.05) is 5.32 Å². The number of fused-ring (bicyclic) bond motifs is 1. The predicted octanol–water partition coefficient (Wildman–Crippen LogP) is 4.28. The zero-order valence-electron chi connectivity index (χ0n) is 17.5. The first-order valence-electron chi connectivity index (χ1n) is 9.85. The number of rotatable bonds is 4. The number of benzene rings is 1. The lowest BCUT2D eigenvalue weighted by Crippen LogP contribution is -2.44. The lowest BCUT2D eigenvalue weighted by molar-refractivity contribution is -0.118. The molecule has 2 N–H and O–H groups in total. The lowest BCUT2D eigenvalue weighted by Gasteiger charge is -2.21. The Morgan fingerprint density at radius 2 is 1.87 bits per heavy atom. The molecule has 1 aromatic carbocycles. The van der Waals surface area contributed by atoms with E-state index in [-0.39, 0.29) is 22.1 Å². The number of Topliss-reactive ketones (excluding diaryl/α,β-unsaturated/α-hetero) is 1. The summed E-state index contributed by atoms with van der Waals surface area (Å²) in [6, 6.07) is 4.25. The number of halogens is 2. The number of hydrogen-bond donors (Lipinski definition) is 2. The van der Waals surface area contributed by atoms with Gasteiger partial charge in [-0.2, -0.15) is 0 Å². The molecule has 0 unspecified atom stereocenters. The minimum Gasteiger partial charge on any atom is -0.345 e. The van der Waals surface area contributed by atoms with E-state index >= 15 is 0 Å². The number of nitrogens with one attached hydrogen (secondary N) is 2. The molecule has 0 atom stereocenters. The second kappa shape index (κ2) is 8.22. The van der Waals surface area contributed by atoms with Crippen LogP contribution in [-0.4, -0.2) is 27.7 Å². The molecule has 0 saturated heterocycles. The highest BCUT2D eigenvalue weighted by Gasteiger charge is 2.34. The number of aryl methyl sites for hydroxylation is 1. The van der Waals surface area contributed by atoms with E-state index in [2.05, 4.69) is 10.6 Å². The number of carbonyl (C=O) groups excluding carboxylic acids is 3. The Hall–Kier alpha value is -2.67. The van der Waals surface area contributed by atoms with Crippen molar-refractivity contribution in [2.24, 2.45) is 0 Å². The largest absolute Gasteiger partial charge is 0.345 e. The van der Waals surface area contributed by atoms with Crippen molar-refractivity contribution < 1.29 is 18.8 Å². The highest BCUT2D eigenvalue weighted by Crippen LogP contribution is 2.33. The van der Waals surface area contributed by atoms with Crippen molar-refractivity contribution in [2.45, 2.75) is 59.0 Å². The second-order valence-corrected chi connectivity index (χ2v) is 8.92. The second-order valence-electron chi connectivity index (χ2n) is 8.54. The molecule has 1 aliphatic heterocycles. The molecule has 8 heteroatoms. The topological polar surface area (TPSA) is 80.2 Å². The van der Waals surface area contributed by atoms with Crippen molar-refractivity contribution in [3.8, 4) is 0 Å². The third-order valence-electron chi connectivity index (χ3n) is 4.91. The number of aromatic nitrogens is 1. The summed E-state index contributed by atoms with van der Waals surface area (Å²) in [6.45, 7) is 7.43. The van der Waals surface area contributed by atoms with Gasteiger partial charge in [0, 0.05) is 23.5 Å². The monoisotopic (exact) mass is 433 g/mol. The van der Waals surface area contributed by atoms with Crippen LogP contribution in [0, 0.1) is 12.7 Å². The molecule has 2 aromatic rings. The first kappa shape index (κ1) is 22.0. The molecule has 30 heavy (non-hydrogen) atoms. The zero-order valence-corrected chi connectivity index (χ0v) is 18.2.